The minimum Gasteiger partial charge on any atom is -0.494 e. The van der Waals surface area contributed by atoms with E-state index in [2.05, 4.69) is 17.6 Å². The largest absolute Gasteiger partial charge is 0.494 e. The van der Waals surface area contributed by atoms with Crippen molar-refractivity contribution in [2.45, 2.75) is 46.5 Å². The number of hydrogen-bond acceptors (Lipinski definition) is 3. The molecule has 5 heteroatoms. The highest BCUT2D eigenvalue weighted by atomic mass is 16.5. The molecule has 0 aliphatic heterocycles. The van der Waals surface area contributed by atoms with Gasteiger partial charge in [-0.05, 0) is 60.9 Å². The number of benzene rings is 2. The Morgan fingerprint density at radius 3 is 2.07 bits per heavy atom. The normalized spacial score (nSPS) is 10.6. The molecular formula is C23H30N2O3. The van der Waals surface area contributed by atoms with Gasteiger partial charge >= 0.3 is 0 Å². The van der Waals surface area contributed by atoms with E-state index in [4.69, 9.17) is 4.74 Å². The Bertz CT molecular complexity index is 752. The van der Waals surface area contributed by atoms with Gasteiger partial charge in [0.25, 0.3) is 5.91 Å². The molecule has 150 valence electrons. The molecule has 0 saturated carbocycles. The Labute approximate surface area is 167 Å². The standard InChI is InChI=1S/C23H30N2O3/c1-4-5-6-15-28-21-13-7-18(8-14-21)23(27)25-20-11-9-19(10-12-20)24-22(26)16-17(2)3/h7-14,17H,4-6,15-16H2,1-3H3,(H,24,26)(H,25,27). The Hall–Kier alpha value is -2.82. The van der Waals surface area contributed by atoms with Gasteiger partial charge in [0.15, 0.2) is 0 Å². The second kappa shape index (κ2) is 11.1. The lowest BCUT2D eigenvalue weighted by molar-refractivity contribution is -0.116. The minimum absolute atomic E-state index is 0.0104. The third-order valence-electron chi connectivity index (χ3n) is 4.15. The predicted octanol–water partition coefficient (Wildman–Crippen LogP) is 5.49. The lowest BCUT2D eigenvalue weighted by atomic mass is 10.1. The number of ether oxygens (including phenoxy) is 1. The van der Waals surface area contributed by atoms with Gasteiger partial charge in [-0.3, -0.25) is 9.59 Å². The van der Waals surface area contributed by atoms with Gasteiger partial charge in [-0.15, -0.1) is 0 Å². The summed E-state index contributed by atoms with van der Waals surface area (Å²) >= 11 is 0. The molecule has 2 aromatic carbocycles. The van der Waals surface area contributed by atoms with Crippen LogP contribution in [0.5, 0.6) is 5.75 Å². The molecule has 5 nitrogen and oxygen atoms in total. The van der Waals surface area contributed by atoms with Crippen molar-refractivity contribution in [3.8, 4) is 5.75 Å². The van der Waals surface area contributed by atoms with E-state index in [1.54, 1.807) is 36.4 Å². The number of nitrogens with one attached hydrogen (secondary N) is 2. The number of carbonyl (C=O) groups is 2. The summed E-state index contributed by atoms with van der Waals surface area (Å²) in [5.41, 5.74) is 1.95. The SMILES string of the molecule is CCCCCOc1ccc(C(=O)Nc2ccc(NC(=O)CC(C)C)cc2)cc1. The number of amides is 2. The summed E-state index contributed by atoms with van der Waals surface area (Å²) < 4.78 is 5.66. The van der Waals surface area contributed by atoms with Crippen molar-refractivity contribution in [1.29, 1.82) is 0 Å². The van der Waals surface area contributed by atoms with Gasteiger partial charge in [0.05, 0.1) is 6.61 Å². The van der Waals surface area contributed by atoms with Gasteiger partial charge in [-0.2, -0.15) is 0 Å². The fourth-order valence-corrected chi connectivity index (χ4v) is 2.67. The molecule has 2 amide bonds. The van der Waals surface area contributed by atoms with Crippen molar-refractivity contribution < 1.29 is 14.3 Å². The lowest BCUT2D eigenvalue weighted by Gasteiger charge is -2.10. The van der Waals surface area contributed by atoms with Gasteiger partial charge in [0.2, 0.25) is 5.91 Å². The van der Waals surface area contributed by atoms with Gasteiger partial charge in [-0.25, -0.2) is 0 Å². The van der Waals surface area contributed by atoms with E-state index in [1.165, 1.54) is 0 Å². The molecule has 0 aliphatic rings. The maximum absolute atomic E-state index is 12.4. The van der Waals surface area contributed by atoms with Crippen LogP contribution in [0.3, 0.4) is 0 Å². The highest BCUT2D eigenvalue weighted by molar-refractivity contribution is 6.04. The van der Waals surface area contributed by atoms with Gasteiger partial charge in [-0.1, -0.05) is 33.6 Å². The maximum Gasteiger partial charge on any atom is 0.255 e. The average molecular weight is 383 g/mol. The molecule has 0 aromatic heterocycles. The first kappa shape index (κ1) is 21.5. The fraction of sp³-hybridized carbons (Fsp3) is 0.391. The third kappa shape index (κ3) is 7.43. The van der Waals surface area contributed by atoms with E-state index < -0.39 is 0 Å². The Morgan fingerprint density at radius 2 is 1.50 bits per heavy atom. The molecule has 0 radical (unpaired) electrons. The van der Waals surface area contributed by atoms with Crippen molar-refractivity contribution in [1.82, 2.24) is 0 Å². The summed E-state index contributed by atoms with van der Waals surface area (Å²) in [5.74, 6) is 0.888. The van der Waals surface area contributed by atoms with Crippen LogP contribution >= 0.6 is 0 Å². The van der Waals surface area contributed by atoms with Crippen LogP contribution in [-0.4, -0.2) is 18.4 Å². The van der Waals surface area contributed by atoms with Crippen LogP contribution in [0.4, 0.5) is 11.4 Å². The van der Waals surface area contributed by atoms with Crippen LogP contribution < -0.4 is 15.4 Å². The van der Waals surface area contributed by atoms with E-state index in [0.29, 0.717) is 35.9 Å². The van der Waals surface area contributed by atoms with Crippen LogP contribution in [0.25, 0.3) is 0 Å². The second-order valence-electron chi connectivity index (χ2n) is 7.26. The lowest BCUT2D eigenvalue weighted by Crippen LogP contribution is -2.14. The van der Waals surface area contributed by atoms with E-state index >= 15 is 0 Å². The highest BCUT2D eigenvalue weighted by Gasteiger charge is 2.08. The van der Waals surface area contributed by atoms with Crippen LogP contribution in [0, 0.1) is 5.92 Å². The summed E-state index contributed by atoms with van der Waals surface area (Å²) in [6, 6.07) is 14.2. The smallest absolute Gasteiger partial charge is 0.255 e. The molecule has 2 aromatic rings. The topological polar surface area (TPSA) is 67.4 Å². The summed E-state index contributed by atoms with van der Waals surface area (Å²) in [6.45, 7) is 6.86. The van der Waals surface area contributed by atoms with Gasteiger partial charge < -0.3 is 15.4 Å². The first-order chi connectivity index (χ1) is 13.5. The molecule has 2 N–H and O–H groups in total. The van der Waals surface area contributed by atoms with Crippen LogP contribution in [0.1, 0.15) is 56.8 Å². The molecule has 0 saturated heterocycles. The maximum atomic E-state index is 12.4. The Balaban J connectivity index is 1.85. The van der Waals surface area contributed by atoms with Crippen molar-refractivity contribution in [3.05, 3.63) is 54.1 Å². The summed E-state index contributed by atoms with van der Waals surface area (Å²) in [7, 11) is 0. The van der Waals surface area contributed by atoms with Gasteiger partial charge in [0.1, 0.15) is 5.75 Å². The average Bonchev–Trinajstić information content (AvgIpc) is 2.66. The predicted molar refractivity (Wildman–Crippen MR) is 114 cm³/mol. The van der Waals surface area contributed by atoms with Crippen molar-refractivity contribution in [2.24, 2.45) is 5.92 Å². The number of carbonyl (C=O) groups excluding carboxylic acids is 2. The zero-order chi connectivity index (χ0) is 20.4. The zero-order valence-electron chi connectivity index (χ0n) is 17.0. The summed E-state index contributed by atoms with van der Waals surface area (Å²) in [6.07, 6.45) is 3.83. The first-order valence-electron chi connectivity index (χ1n) is 9.92. The van der Waals surface area contributed by atoms with Crippen molar-refractivity contribution >= 4 is 23.2 Å². The first-order valence-corrected chi connectivity index (χ1v) is 9.92. The molecule has 28 heavy (non-hydrogen) atoms. The third-order valence-corrected chi connectivity index (χ3v) is 4.15. The second-order valence-corrected chi connectivity index (χ2v) is 7.26. The zero-order valence-corrected chi connectivity index (χ0v) is 17.0. The van der Waals surface area contributed by atoms with Crippen molar-refractivity contribution in [2.75, 3.05) is 17.2 Å². The van der Waals surface area contributed by atoms with Crippen LogP contribution in [-0.2, 0) is 4.79 Å². The van der Waals surface area contributed by atoms with Crippen LogP contribution in [0.15, 0.2) is 48.5 Å². The Kier molecular flexibility index (Phi) is 8.53. The number of anilines is 2. The molecule has 0 atom stereocenters. The summed E-state index contributed by atoms with van der Waals surface area (Å²) in [4.78, 5) is 24.2. The molecule has 0 fully saturated rings. The van der Waals surface area contributed by atoms with E-state index in [1.807, 2.05) is 26.0 Å². The molecule has 0 aliphatic carbocycles. The monoisotopic (exact) mass is 382 g/mol. The summed E-state index contributed by atoms with van der Waals surface area (Å²) in [5, 5.41) is 5.71. The van der Waals surface area contributed by atoms with Crippen molar-refractivity contribution in [3.63, 3.8) is 0 Å². The molecular weight excluding hydrogens is 352 g/mol. The Morgan fingerprint density at radius 1 is 0.893 bits per heavy atom. The molecule has 0 heterocycles. The molecule has 2 rings (SSSR count). The molecule has 0 bridgehead atoms. The fourth-order valence-electron chi connectivity index (χ4n) is 2.67. The van der Waals surface area contributed by atoms with Crippen LogP contribution in [0.2, 0.25) is 0 Å². The van der Waals surface area contributed by atoms with E-state index in [9.17, 15) is 9.59 Å². The minimum atomic E-state index is -0.186. The number of hydrogen-bond donors (Lipinski definition) is 2. The van der Waals surface area contributed by atoms with Gasteiger partial charge in [0, 0.05) is 23.4 Å². The quantitative estimate of drug-likeness (QED) is 0.534. The number of unbranched alkanes of at least 4 members (excludes halogenated alkanes) is 2. The number of rotatable bonds is 10. The van der Waals surface area contributed by atoms with E-state index in [-0.39, 0.29) is 11.8 Å². The van der Waals surface area contributed by atoms with E-state index in [0.717, 1.165) is 25.0 Å². The molecule has 0 unspecified atom stereocenters. The highest BCUT2D eigenvalue weighted by Crippen LogP contribution is 2.17. The molecule has 0 spiro atoms.